The van der Waals surface area contributed by atoms with Crippen LogP contribution in [0, 0.1) is 11.8 Å². The minimum Gasteiger partial charge on any atom is -0.340 e. The highest BCUT2D eigenvalue weighted by atomic mass is 16.2. The average molecular weight is 420 g/mol. The third-order valence-electron chi connectivity index (χ3n) is 6.16. The lowest BCUT2D eigenvalue weighted by Crippen LogP contribution is -2.40. The zero-order chi connectivity index (χ0) is 22.2. The zero-order valence-electron chi connectivity index (χ0n) is 18.7. The Balaban J connectivity index is 1.84. The van der Waals surface area contributed by atoms with Gasteiger partial charge in [-0.1, -0.05) is 44.2 Å². The second-order valence-corrected chi connectivity index (χ2v) is 8.21. The highest BCUT2D eigenvalue weighted by Gasteiger charge is 2.33. The van der Waals surface area contributed by atoms with E-state index in [-0.39, 0.29) is 23.7 Å². The van der Waals surface area contributed by atoms with Crippen molar-refractivity contribution in [2.45, 2.75) is 33.1 Å². The van der Waals surface area contributed by atoms with Crippen LogP contribution < -0.4 is 0 Å². The monoisotopic (exact) mass is 419 g/mol. The Hall–Kier alpha value is -2.95. The standard InChI is InChI=1S/C26H33N3O2/c1-4-14-28-15-16-29(25(30)21(5-2)6-3)19-24(26(28)31)18-20-8-7-9-23(17-20)22-10-12-27-13-11-22/h4,7-13,17,21,24H,1,5-6,14-16,18-19H2,2-3H3/t24-/m0/s1. The molecule has 164 valence electrons. The lowest BCUT2D eigenvalue weighted by molar-refractivity contribution is -0.136. The fourth-order valence-corrected chi connectivity index (χ4v) is 4.34. The lowest BCUT2D eigenvalue weighted by atomic mass is 9.94. The molecular formula is C26H33N3O2. The molecule has 31 heavy (non-hydrogen) atoms. The van der Waals surface area contributed by atoms with Crippen molar-refractivity contribution in [3.63, 3.8) is 0 Å². The molecule has 3 rings (SSSR count). The maximum atomic E-state index is 13.3. The first kappa shape index (κ1) is 22.7. The first-order valence-electron chi connectivity index (χ1n) is 11.2. The quantitative estimate of drug-likeness (QED) is 0.603. The average Bonchev–Trinajstić information content (AvgIpc) is 2.95. The van der Waals surface area contributed by atoms with Gasteiger partial charge in [0.05, 0.1) is 5.92 Å². The summed E-state index contributed by atoms with van der Waals surface area (Å²) in [5.41, 5.74) is 3.31. The van der Waals surface area contributed by atoms with E-state index in [1.165, 1.54) is 0 Å². The third-order valence-corrected chi connectivity index (χ3v) is 6.16. The van der Waals surface area contributed by atoms with Gasteiger partial charge in [0.15, 0.2) is 0 Å². The SMILES string of the molecule is C=CCN1CCN(C(=O)C(CC)CC)C[C@H](Cc2cccc(-c3ccncc3)c2)C1=O. The number of hydrogen-bond acceptors (Lipinski definition) is 3. The van der Waals surface area contributed by atoms with Gasteiger partial charge >= 0.3 is 0 Å². The highest BCUT2D eigenvalue weighted by Crippen LogP contribution is 2.24. The molecule has 1 aromatic heterocycles. The van der Waals surface area contributed by atoms with Gasteiger partial charge in [0.25, 0.3) is 0 Å². The fraction of sp³-hybridized carbons (Fsp3) is 0.423. The molecule has 0 saturated carbocycles. The number of rotatable bonds is 8. The van der Waals surface area contributed by atoms with E-state index < -0.39 is 0 Å². The summed E-state index contributed by atoms with van der Waals surface area (Å²) in [5.74, 6) is 0.0491. The Labute approximate surface area is 185 Å². The van der Waals surface area contributed by atoms with Crippen molar-refractivity contribution in [2.24, 2.45) is 11.8 Å². The van der Waals surface area contributed by atoms with Gasteiger partial charge in [-0.2, -0.15) is 0 Å². The molecule has 1 atom stereocenters. The molecule has 1 fully saturated rings. The minimum atomic E-state index is -0.256. The summed E-state index contributed by atoms with van der Waals surface area (Å²) >= 11 is 0. The molecule has 1 saturated heterocycles. The maximum Gasteiger partial charge on any atom is 0.228 e. The van der Waals surface area contributed by atoms with E-state index in [1.54, 1.807) is 18.5 Å². The van der Waals surface area contributed by atoms with Gasteiger partial charge in [-0.25, -0.2) is 0 Å². The second-order valence-electron chi connectivity index (χ2n) is 8.21. The molecule has 0 unspecified atom stereocenters. The summed E-state index contributed by atoms with van der Waals surface area (Å²) in [6.45, 7) is 10.0. The third kappa shape index (κ3) is 5.60. The Morgan fingerprint density at radius 2 is 1.90 bits per heavy atom. The summed E-state index contributed by atoms with van der Waals surface area (Å²) < 4.78 is 0. The molecule has 1 aliphatic heterocycles. The number of carbonyl (C=O) groups excluding carboxylic acids is 2. The van der Waals surface area contributed by atoms with Gasteiger partial charge in [0.1, 0.15) is 0 Å². The van der Waals surface area contributed by atoms with Crippen molar-refractivity contribution in [3.8, 4) is 11.1 Å². The van der Waals surface area contributed by atoms with Crippen LogP contribution in [0.1, 0.15) is 32.3 Å². The van der Waals surface area contributed by atoms with E-state index in [2.05, 4.69) is 43.6 Å². The molecular weight excluding hydrogens is 386 g/mol. The number of nitrogens with zero attached hydrogens (tertiary/aromatic N) is 3. The summed E-state index contributed by atoms with van der Waals surface area (Å²) in [5, 5.41) is 0. The smallest absolute Gasteiger partial charge is 0.228 e. The molecule has 0 spiro atoms. The molecule has 1 aromatic carbocycles. The van der Waals surface area contributed by atoms with E-state index in [4.69, 9.17) is 0 Å². The van der Waals surface area contributed by atoms with Crippen LogP contribution in [-0.2, 0) is 16.0 Å². The molecule has 0 radical (unpaired) electrons. The number of aromatic nitrogens is 1. The molecule has 2 aromatic rings. The summed E-state index contributed by atoms with van der Waals surface area (Å²) in [4.78, 5) is 34.2. The summed E-state index contributed by atoms with van der Waals surface area (Å²) in [6.07, 6.45) is 7.59. The van der Waals surface area contributed by atoms with E-state index in [0.717, 1.165) is 29.5 Å². The van der Waals surface area contributed by atoms with Crippen LogP contribution in [0.4, 0.5) is 0 Å². The largest absolute Gasteiger partial charge is 0.340 e. The van der Waals surface area contributed by atoms with Crippen molar-refractivity contribution in [1.29, 1.82) is 0 Å². The Morgan fingerprint density at radius 1 is 1.16 bits per heavy atom. The Morgan fingerprint density at radius 3 is 2.58 bits per heavy atom. The molecule has 0 N–H and O–H groups in total. The maximum absolute atomic E-state index is 13.3. The van der Waals surface area contributed by atoms with Crippen LogP contribution in [0.25, 0.3) is 11.1 Å². The molecule has 1 aliphatic rings. The highest BCUT2D eigenvalue weighted by molar-refractivity contribution is 5.83. The Kier molecular flexibility index (Phi) is 7.99. The zero-order valence-corrected chi connectivity index (χ0v) is 18.7. The number of amides is 2. The lowest BCUT2D eigenvalue weighted by Gasteiger charge is -2.27. The number of benzene rings is 1. The molecule has 2 amide bonds. The first-order valence-corrected chi connectivity index (χ1v) is 11.2. The van der Waals surface area contributed by atoms with E-state index in [9.17, 15) is 9.59 Å². The van der Waals surface area contributed by atoms with Gasteiger partial charge in [-0.05, 0) is 48.1 Å². The summed E-state index contributed by atoms with van der Waals surface area (Å²) in [7, 11) is 0. The van der Waals surface area contributed by atoms with Crippen LogP contribution in [-0.4, -0.2) is 52.8 Å². The number of hydrogen-bond donors (Lipinski definition) is 0. The summed E-state index contributed by atoms with van der Waals surface area (Å²) in [6, 6.07) is 12.3. The van der Waals surface area contributed by atoms with Crippen LogP contribution >= 0.6 is 0 Å². The number of carbonyl (C=O) groups is 2. The van der Waals surface area contributed by atoms with Gasteiger partial charge in [-0.3, -0.25) is 14.6 Å². The van der Waals surface area contributed by atoms with Crippen molar-refractivity contribution in [2.75, 3.05) is 26.2 Å². The predicted octanol–water partition coefficient (Wildman–Crippen LogP) is 4.20. The van der Waals surface area contributed by atoms with Crippen molar-refractivity contribution in [3.05, 3.63) is 67.0 Å². The van der Waals surface area contributed by atoms with Crippen LogP contribution in [0.3, 0.4) is 0 Å². The van der Waals surface area contributed by atoms with Gasteiger partial charge in [0, 0.05) is 44.5 Å². The normalized spacial score (nSPS) is 17.0. The van der Waals surface area contributed by atoms with Gasteiger partial charge in [0.2, 0.25) is 11.8 Å². The molecule has 5 heteroatoms. The van der Waals surface area contributed by atoms with E-state index >= 15 is 0 Å². The van der Waals surface area contributed by atoms with E-state index in [0.29, 0.717) is 32.6 Å². The molecule has 2 heterocycles. The van der Waals surface area contributed by atoms with Gasteiger partial charge in [-0.15, -0.1) is 6.58 Å². The van der Waals surface area contributed by atoms with Crippen LogP contribution in [0.5, 0.6) is 0 Å². The van der Waals surface area contributed by atoms with E-state index in [1.807, 2.05) is 28.0 Å². The first-order chi connectivity index (χ1) is 15.1. The van der Waals surface area contributed by atoms with Crippen molar-refractivity contribution >= 4 is 11.8 Å². The topological polar surface area (TPSA) is 53.5 Å². The molecule has 5 nitrogen and oxygen atoms in total. The predicted molar refractivity (Wildman–Crippen MR) is 124 cm³/mol. The fourth-order valence-electron chi connectivity index (χ4n) is 4.34. The van der Waals surface area contributed by atoms with Crippen molar-refractivity contribution in [1.82, 2.24) is 14.8 Å². The van der Waals surface area contributed by atoms with Gasteiger partial charge < -0.3 is 9.80 Å². The second kappa shape index (κ2) is 10.9. The van der Waals surface area contributed by atoms with Crippen molar-refractivity contribution < 1.29 is 9.59 Å². The molecule has 0 aliphatic carbocycles. The van der Waals surface area contributed by atoms with Crippen LogP contribution in [0.2, 0.25) is 0 Å². The minimum absolute atomic E-state index is 0.0247. The van der Waals surface area contributed by atoms with Crippen LogP contribution in [0.15, 0.2) is 61.4 Å². The molecule has 0 bridgehead atoms. The number of pyridine rings is 1. The Bertz CT molecular complexity index is 893.